The lowest BCUT2D eigenvalue weighted by Crippen LogP contribution is -2.15. The Labute approximate surface area is 118 Å². The number of carbonyl (C=O) groups excluding carboxylic acids is 1. The molecular formula is C13H13Br2NO. The van der Waals surface area contributed by atoms with Crippen molar-refractivity contribution in [3.8, 4) is 6.07 Å². The van der Waals surface area contributed by atoms with E-state index in [-0.39, 0.29) is 5.78 Å². The molecule has 2 nitrogen and oxygen atoms in total. The first-order valence-electron chi connectivity index (χ1n) is 5.34. The summed E-state index contributed by atoms with van der Waals surface area (Å²) < 4.78 is 1.57. The minimum Gasteiger partial charge on any atom is -0.293 e. The summed E-state index contributed by atoms with van der Waals surface area (Å²) in [6.07, 6.45) is 0.592. The average Bonchev–Trinajstić information content (AvgIpc) is 2.28. The summed E-state index contributed by atoms with van der Waals surface area (Å²) in [5.41, 5.74) is 0.562. The molecular weight excluding hydrogens is 346 g/mol. The molecule has 0 aromatic heterocycles. The molecule has 0 N–H and O–H groups in total. The maximum absolute atomic E-state index is 12.2. The van der Waals surface area contributed by atoms with Crippen LogP contribution in [0.1, 0.15) is 30.6 Å². The predicted octanol–water partition coefficient (Wildman–Crippen LogP) is 4.58. The fourth-order valence-electron chi connectivity index (χ4n) is 1.56. The second kappa shape index (κ2) is 6.32. The first kappa shape index (κ1) is 14.4. The van der Waals surface area contributed by atoms with Gasteiger partial charge < -0.3 is 0 Å². The van der Waals surface area contributed by atoms with Crippen molar-refractivity contribution in [2.45, 2.75) is 20.3 Å². The first-order chi connectivity index (χ1) is 7.95. The number of Topliss-reactive ketones (excluding diaryl/α,β-unsaturated/α-hetero) is 1. The molecule has 90 valence electrons. The van der Waals surface area contributed by atoms with Crippen molar-refractivity contribution in [3.05, 3.63) is 32.7 Å². The fraction of sp³-hybridized carbons (Fsp3) is 0.385. The van der Waals surface area contributed by atoms with E-state index in [2.05, 4.69) is 37.9 Å². The van der Waals surface area contributed by atoms with Crippen LogP contribution in [0.5, 0.6) is 0 Å². The van der Waals surface area contributed by atoms with Crippen LogP contribution in [-0.2, 0) is 0 Å². The van der Waals surface area contributed by atoms with Gasteiger partial charge in [-0.05, 0) is 30.5 Å². The number of nitriles is 1. The molecule has 0 amide bonds. The van der Waals surface area contributed by atoms with Crippen LogP contribution in [0.4, 0.5) is 0 Å². The standard InChI is InChI=1S/C13H13Br2NO/c1-8(2)5-9(7-16)13(17)11-6-10(14)3-4-12(11)15/h3-4,6,8-9H,5H2,1-2H3. The monoisotopic (exact) mass is 357 g/mol. The van der Waals surface area contributed by atoms with Crippen molar-refractivity contribution >= 4 is 37.6 Å². The smallest absolute Gasteiger partial charge is 0.181 e. The molecule has 1 atom stereocenters. The van der Waals surface area contributed by atoms with Crippen LogP contribution in [0.25, 0.3) is 0 Å². The second-order valence-electron chi connectivity index (χ2n) is 4.30. The highest BCUT2D eigenvalue weighted by atomic mass is 79.9. The molecule has 0 aliphatic rings. The summed E-state index contributed by atoms with van der Waals surface area (Å²) in [4.78, 5) is 12.2. The third kappa shape index (κ3) is 3.93. The van der Waals surface area contributed by atoms with Gasteiger partial charge in [-0.3, -0.25) is 4.79 Å². The van der Waals surface area contributed by atoms with Crippen LogP contribution in [0.3, 0.4) is 0 Å². The lowest BCUT2D eigenvalue weighted by molar-refractivity contribution is 0.0936. The van der Waals surface area contributed by atoms with Gasteiger partial charge in [0.1, 0.15) is 5.92 Å². The molecule has 1 aromatic carbocycles. The van der Waals surface area contributed by atoms with Gasteiger partial charge in [-0.15, -0.1) is 0 Å². The fourth-order valence-corrected chi connectivity index (χ4v) is 2.37. The van der Waals surface area contributed by atoms with Crippen molar-refractivity contribution in [1.82, 2.24) is 0 Å². The number of ketones is 1. The molecule has 0 heterocycles. The van der Waals surface area contributed by atoms with E-state index in [0.717, 1.165) is 8.95 Å². The van der Waals surface area contributed by atoms with Crippen molar-refractivity contribution in [2.24, 2.45) is 11.8 Å². The van der Waals surface area contributed by atoms with Crippen LogP contribution in [-0.4, -0.2) is 5.78 Å². The van der Waals surface area contributed by atoms with Gasteiger partial charge in [0.15, 0.2) is 5.78 Å². The van der Waals surface area contributed by atoms with E-state index < -0.39 is 5.92 Å². The number of hydrogen-bond donors (Lipinski definition) is 0. The molecule has 0 radical (unpaired) electrons. The minimum atomic E-state index is -0.569. The number of benzene rings is 1. The lowest BCUT2D eigenvalue weighted by atomic mass is 9.91. The van der Waals surface area contributed by atoms with E-state index >= 15 is 0 Å². The summed E-state index contributed by atoms with van der Waals surface area (Å²) in [5.74, 6) is -0.357. The SMILES string of the molecule is CC(C)CC(C#N)C(=O)c1cc(Br)ccc1Br. The molecule has 0 aliphatic carbocycles. The molecule has 1 rings (SSSR count). The Balaban J connectivity index is 3.02. The number of nitrogens with zero attached hydrogens (tertiary/aromatic N) is 1. The highest BCUT2D eigenvalue weighted by Crippen LogP contribution is 2.26. The van der Waals surface area contributed by atoms with E-state index in [0.29, 0.717) is 17.9 Å². The van der Waals surface area contributed by atoms with Gasteiger partial charge in [0.05, 0.1) is 6.07 Å². The normalized spacial score (nSPS) is 12.2. The molecule has 0 fully saturated rings. The molecule has 0 bridgehead atoms. The number of carbonyl (C=O) groups is 1. The molecule has 0 saturated carbocycles. The zero-order valence-corrected chi connectivity index (χ0v) is 12.9. The zero-order chi connectivity index (χ0) is 13.0. The Morgan fingerprint density at radius 3 is 2.59 bits per heavy atom. The molecule has 4 heteroatoms. The van der Waals surface area contributed by atoms with E-state index in [4.69, 9.17) is 5.26 Å². The van der Waals surface area contributed by atoms with Gasteiger partial charge in [0.2, 0.25) is 0 Å². The number of hydrogen-bond acceptors (Lipinski definition) is 2. The largest absolute Gasteiger partial charge is 0.293 e. The van der Waals surface area contributed by atoms with E-state index in [9.17, 15) is 4.79 Å². The minimum absolute atomic E-state index is 0.116. The quantitative estimate of drug-likeness (QED) is 0.739. The highest BCUT2D eigenvalue weighted by Gasteiger charge is 2.22. The number of halogens is 2. The molecule has 1 unspecified atom stereocenters. The Morgan fingerprint density at radius 2 is 2.06 bits per heavy atom. The van der Waals surface area contributed by atoms with Crippen molar-refractivity contribution in [2.75, 3.05) is 0 Å². The van der Waals surface area contributed by atoms with Crippen molar-refractivity contribution in [3.63, 3.8) is 0 Å². The highest BCUT2D eigenvalue weighted by molar-refractivity contribution is 9.11. The third-order valence-corrected chi connectivity index (χ3v) is 3.56. The Kier molecular flexibility index (Phi) is 5.35. The lowest BCUT2D eigenvalue weighted by Gasteiger charge is -2.12. The van der Waals surface area contributed by atoms with E-state index in [1.54, 1.807) is 12.1 Å². The summed E-state index contributed by atoms with van der Waals surface area (Å²) in [7, 11) is 0. The summed E-state index contributed by atoms with van der Waals surface area (Å²) in [6, 6.07) is 7.50. The van der Waals surface area contributed by atoms with Gasteiger partial charge in [0.25, 0.3) is 0 Å². The maximum Gasteiger partial charge on any atom is 0.181 e. The van der Waals surface area contributed by atoms with Crippen LogP contribution in [0, 0.1) is 23.2 Å². The average molecular weight is 359 g/mol. The molecule has 1 aromatic rings. The summed E-state index contributed by atoms with van der Waals surface area (Å²) >= 11 is 6.67. The first-order valence-corrected chi connectivity index (χ1v) is 6.93. The van der Waals surface area contributed by atoms with Gasteiger partial charge in [-0.2, -0.15) is 5.26 Å². The van der Waals surface area contributed by atoms with Gasteiger partial charge >= 0.3 is 0 Å². The summed E-state index contributed by atoms with van der Waals surface area (Å²) in [5, 5.41) is 9.07. The summed E-state index contributed by atoms with van der Waals surface area (Å²) in [6.45, 7) is 4.02. The van der Waals surface area contributed by atoms with Crippen LogP contribution in [0.2, 0.25) is 0 Å². The van der Waals surface area contributed by atoms with E-state index in [1.165, 1.54) is 0 Å². The molecule has 0 aliphatic heterocycles. The number of rotatable bonds is 4. The molecule has 0 spiro atoms. The predicted molar refractivity (Wildman–Crippen MR) is 74.7 cm³/mol. The Hall–Kier alpha value is -0.660. The van der Waals surface area contributed by atoms with Crippen LogP contribution in [0.15, 0.2) is 27.1 Å². The van der Waals surface area contributed by atoms with Crippen molar-refractivity contribution in [1.29, 1.82) is 5.26 Å². The van der Waals surface area contributed by atoms with Crippen molar-refractivity contribution < 1.29 is 4.79 Å². The van der Waals surface area contributed by atoms with Crippen LogP contribution >= 0.6 is 31.9 Å². The van der Waals surface area contributed by atoms with Gasteiger partial charge in [-0.1, -0.05) is 45.7 Å². The van der Waals surface area contributed by atoms with Gasteiger partial charge in [-0.25, -0.2) is 0 Å². The Bertz CT molecular complexity index is 463. The van der Waals surface area contributed by atoms with E-state index in [1.807, 2.05) is 19.9 Å². The zero-order valence-electron chi connectivity index (χ0n) is 9.71. The topological polar surface area (TPSA) is 40.9 Å². The third-order valence-electron chi connectivity index (χ3n) is 2.37. The Morgan fingerprint density at radius 1 is 1.41 bits per heavy atom. The molecule has 17 heavy (non-hydrogen) atoms. The van der Waals surface area contributed by atoms with Crippen LogP contribution < -0.4 is 0 Å². The molecule has 0 saturated heterocycles. The van der Waals surface area contributed by atoms with Gasteiger partial charge in [0, 0.05) is 14.5 Å². The maximum atomic E-state index is 12.2. The second-order valence-corrected chi connectivity index (χ2v) is 6.07.